The fourth-order valence-corrected chi connectivity index (χ4v) is 3.85. The van der Waals surface area contributed by atoms with Gasteiger partial charge in [0.25, 0.3) is 12.3 Å². The van der Waals surface area contributed by atoms with Crippen molar-refractivity contribution in [3.63, 3.8) is 0 Å². The second-order valence-corrected chi connectivity index (χ2v) is 7.89. The lowest BCUT2D eigenvalue weighted by molar-refractivity contribution is 0.100. The van der Waals surface area contributed by atoms with E-state index in [9.17, 15) is 13.6 Å². The summed E-state index contributed by atoms with van der Waals surface area (Å²) in [5, 5.41) is 6.27. The molecule has 0 saturated heterocycles. The second-order valence-electron chi connectivity index (χ2n) is 7.45. The van der Waals surface area contributed by atoms with Crippen molar-refractivity contribution in [3.05, 3.63) is 76.6 Å². The Bertz CT molecular complexity index is 1300. The van der Waals surface area contributed by atoms with Crippen molar-refractivity contribution in [1.29, 1.82) is 0 Å². The van der Waals surface area contributed by atoms with E-state index in [0.717, 1.165) is 16.9 Å². The van der Waals surface area contributed by atoms with Gasteiger partial charge in [0.05, 0.1) is 16.6 Å². The van der Waals surface area contributed by atoms with Crippen LogP contribution < -0.4 is 10.6 Å². The van der Waals surface area contributed by atoms with Gasteiger partial charge in [-0.05, 0) is 68.1 Å². The van der Waals surface area contributed by atoms with Crippen LogP contribution in [0.4, 0.5) is 14.5 Å². The molecule has 0 unspecified atom stereocenters. The van der Waals surface area contributed by atoms with Crippen LogP contribution in [0.1, 0.15) is 35.0 Å². The van der Waals surface area contributed by atoms with Gasteiger partial charge in [-0.15, -0.1) is 0 Å². The highest BCUT2D eigenvalue weighted by Gasteiger charge is 2.21. The summed E-state index contributed by atoms with van der Waals surface area (Å²) in [6.45, 7) is 3.12. The molecule has 0 aliphatic heterocycles. The molecule has 0 aliphatic rings. The number of benzene rings is 2. The lowest BCUT2D eigenvalue weighted by atomic mass is 10.1. The Balaban J connectivity index is 1.68. The normalized spacial score (nSPS) is 11.3. The van der Waals surface area contributed by atoms with Crippen LogP contribution in [0.2, 0.25) is 5.02 Å². The van der Waals surface area contributed by atoms with Crippen LogP contribution in [-0.4, -0.2) is 27.5 Å². The molecule has 0 spiro atoms. The molecule has 0 aliphatic carbocycles. The monoisotopic (exact) mass is 469 g/mol. The first-order valence-electron chi connectivity index (χ1n) is 10.4. The third kappa shape index (κ3) is 4.72. The Morgan fingerprint density at radius 3 is 2.58 bits per heavy atom. The maximum atomic E-state index is 13.4. The smallest absolute Gasteiger partial charge is 0.281 e. The first-order valence-corrected chi connectivity index (χ1v) is 10.8. The topological polar surface area (TPSA) is 71.8 Å². The van der Waals surface area contributed by atoms with E-state index in [1.54, 1.807) is 31.3 Å². The van der Waals surface area contributed by atoms with Crippen LogP contribution in [0.5, 0.6) is 0 Å². The van der Waals surface area contributed by atoms with Crippen LogP contribution in [0.25, 0.3) is 22.4 Å². The highest BCUT2D eigenvalue weighted by molar-refractivity contribution is 6.30. The van der Waals surface area contributed by atoms with E-state index in [2.05, 4.69) is 20.2 Å². The largest absolute Gasteiger partial charge is 0.324 e. The van der Waals surface area contributed by atoms with Gasteiger partial charge in [-0.3, -0.25) is 9.78 Å². The molecule has 0 atom stereocenters. The molecule has 6 nitrogen and oxygen atoms in total. The highest BCUT2D eigenvalue weighted by atomic mass is 35.5. The van der Waals surface area contributed by atoms with Crippen LogP contribution >= 0.6 is 11.6 Å². The number of aryl methyl sites for hydroxylation is 1. The summed E-state index contributed by atoms with van der Waals surface area (Å²) < 4.78 is 29.0. The minimum absolute atomic E-state index is 0.154. The van der Waals surface area contributed by atoms with Gasteiger partial charge in [-0.2, -0.15) is 0 Å². The number of aromatic nitrogens is 3. The second kappa shape index (κ2) is 9.64. The number of amides is 1. The summed E-state index contributed by atoms with van der Waals surface area (Å²) in [6.07, 6.45) is -1.52. The summed E-state index contributed by atoms with van der Waals surface area (Å²) in [7, 11) is 1.73. The van der Waals surface area contributed by atoms with Crippen LogP contribution in [-0.2, 0) is 13.1 Å². The van der Waals surface area contributed by atoms with Gasteiger partial charge >= 0.3 is 0 Å². The number of hydrogen-bond acceptors (Lipinski definition) is 4. The summed E-state index contributed by atoms with van der Waals surface area (Å²) in [6, 6.07) is 14.1. The van der Waals surface area contributed by atoms with Gasteiger partial charge < -0.3 is 15.2 Å². The van der Waals surface area contributed by atoms with Gasteiger partial charge in [0, 0.05) is 35.6 Å². The number of pyridine rings is 1. The molecular formula is C24H22ClF2N5O. The van der Waals surface area contributed by atoms with E-state index in [1.165, 1.54) is 12.3 Å². The van der Waals surface area contributed by atoms with E-state index in [4.69, 9.17) is 16.6 Å². The molecular weight excluding hydrogens is 448 g/mol. The Morgan fingerprint density at radius 1 is 1.15 bits per heavy atom. The number of rotatable bonds is 7. The van der Waals surface area contributed by atoms with E-state index in [1.807, 2.05) is 25.1 Å². The zero-order chi connectivity index (χ0) is 23.5. The summed E-state index contributed by atoms with van der Waals surface area (Å²) in [4.78, 5) is 21.4. The number of imidazole rings is 1. The van der Waals surface area contributed by atoms with E-state index in [0.29, 0.717) is 34.9 Å². The zero-order valence-electron chi connectivity index (χ0n) is 18.1. The zero-order valence-corrected chi connectivity index (χ0v) is 18.8. The lowest BCUT2D eigenvalue weighted by Crippen LogP contribution is -2.17. The van der Waals surface area contributed by atoms with Crippen molar-refractivity contribution >= 4 is 34.2 Å². The minimum Gasteiger partial charge on any atom is -0.324 e. The SMILES string of the molecule is CCn1c(-c2ccc(Cl)cc2)nc2cc(NC(=O)c3cc(CNC)cnc3C(F)F)ccc21. The van der Waals surface area contributed by atoms with Gasteiger partial charge in [-0.1, -0.05) is 11.6 Å². The Morgan fingerprint density at radius 2 is 1.91 bits per heavy atom. The van der Waals surface area contributed by atoms with Crippen molar-refractivity contribution in [1.82, 2.24) is 19.9 Å². The minimum atomic E-state index is -2.86. The Kier molecular flexibility index (Phi) is 6.67. The molecule has 0 radical (unpaired) electrons. The number of carbonyl (C=O) groups is 1. The molecule has 0 bridgehead atoms. The van der Waals surface area contributed by atoms with Gasteiger partial charge in [0.2, 0.25) is 0 Å². The van der Waals surface area contributed by atoms with Crippen molar-refractivity contribution in [3.8, 4) is 11.4 Å². The van der Waals surface area contributed by atoms with E-state index >= 15 is 0 Å². The fourth-order valence-electron chi connectivity index (χ4n) is 3.72. The molecule has 0 fully saturated rings. The van der Waals surface area contributed by atoms with Crippen molar-refractivity contribution in [2.24, 2.45) is 0 Å². The van der Waals surface area contributed by atoms with Crippen molar-refractivity contribution < 1.29 is 13.6 Å². The third-order valence-electron chi connectivity index (χ3n) is 5.23. The van der Waals surface area contributed by atoms with Crippen molar-refractivity contribution in [2.45, 2.75) is 26.4 Å². The van der Waals surface area contributed by atoms with E-state index in [-0.39, 0.29) is 5.56 Å². The molecule has 2 aromatic carbocycles. The number of alkyl halides is 2. The molecule has 2 N–H and O–H groups in total. The van der Waals surface area contributed by atoms with E-state index < -0.39 is 18.0 Å². The number of hydrogen-bond donors (Lipinski definition) is 2. The van der Waals surface area contributed by atoms with Gasteiger partial charge in [-0.25, -0.2) is 13.8 Å². The average molecular weight is 470 g/mol. The molecule has 4 aromatic rings. The third-order valence-corrected chi connectivity index (χ3v) is 5.48. The first-order chi connectivity index (χ1) is 15.9. The van der Waals surface area contributed by atoms with Crippen LogP contribution in [0.3, 0.4) is 0 Å². The predicted molar refractivity (Wildman–Crippen MR) is 126 cm³/mol. The Labute approximate surface area is 194 Å². The summed E-state index contributed by atoms with van der Waals surface area (Å²) in [5.74, 6) is 0.125. The quantitative estimate of drug-likeness (QED) is 0.365. The predicted octanol–water partition coefficient (Wildman–Crippen LogP) is 5.68. The summed E-state index contributed by atoms with van der Waals surface area (Å²) in [5.41, 5.74) is 2.87. The lowest BCUT2D eigenvalue weighted by Gasteiger charge is -2.11. The molecule has 0 saturated carbocycles. The van der Waals surface area contributed by atoms with Crippen molar-refractivity contribution in [2.75, 3.05) is 12.4 Å². The number of halogens is 3. The molecule has 4 rings (SSSR count). The van der Waals surface area contributed by atoms with Gasteiger partial charge in [0.1, 0.15) is 11.5 Å². The number of nitrogens with one attached hydrogen (secondary N) is 2. The molecule has 2 aromatic heterocycles. The molecule has 1 amide bonds. The number of anilines is 1. The van der Waals surface area contributed by atoms with Crippen LogP contribution in [0, 0.1) is 0 Å². The first kappa shape index (κ1) is 22.8. The van der Waals surface area contributed by atoms with Crippen LogP contribution in [0.15, 0.2) is 54.7 Å². The average Bonchev–Trinajstić information content (AvgIpc) is 3.17. The standard InChI is InChI=1S/C24H22ClF2N5O/c1-3-32-20-9-8-17(11-19(20)31-23(32)15-4-6-16(25)7-5-15)30-24(33)18-10-14(12-28-2)13-29-21(18)22(26)27/h4-11,13,22,28H,3,12H2,1-2H3,(H,30,33). The summed E-state index contributed by atoms with van der Waals surface area (Å²) >= 11 is 6.01. The highest BCUT2D eigenvalue weighted by Crippen LogP contribution is 2.28. The Hall–Kier alpha value is -3.36. The molecule has 170 valence electrons. The number of carbonyl (C=O) groups excluding carboxylic acids is 1. The fraction of sp³-hybridized carbons (Fsp3) is 0.208. The molecule has 2 heterocycles. The maximum Gasteiger partial charge on any atom is 0.281 e. The maximum absolute atomic E-state index is 13.4. The number of fused-ring (bicyclic) bond motifs is 1. The van der Waals surface area contributed by atoms with Gasteiger partial charge in [0.15, 0.2) is 0 Å². The molecule has 33 heavy (non-hydrogen) atoms. The molecule has 9 heteroatoms. The number of nitrogens with zero attached hydrogens (tertiary/aromatic N) is 3.